The number of carbonyl (C=O) groups excluding carboxylic acids is 2. The number of hydrogen-bond donors (Lipinski definition) is 1. The van der Waals surface area contributed by atoms with E-state index in [1.807, 2.05) is 18.2 Å². The lowest BCUT2D eigenvalue weighted by Gasteiger charge is -2.17. The first-order chi connectivity index (χ1) is 12.1. The molecule has 1 aromatic carbocycles. The summed E-state index contributed by atoms with van der Waals surface area (Å²) in [5.41, 5.74) is 1.37. The summed E-state index contributed by atoms with van der Waals surface area (Å²) in [6.45, 7) is 0.403. The van der Waals surface area contributed by atoms with Crippen LogP contribution in [0.5, 0.6) is 5.75 Å². The van der Waals surface area contributed by atoms with Crippen molar-refractivity contribution in [3.05, 3.63) is 53.9 Å². The molecule has 2 heterocycles. The number of methoxy groups -OCH3 is 1. The highest BCUT2D eigenvalue weighted by Crippen LogP contribution is 2.24. The predicted molar refractivity (Wildman–Crippen MR) is 90.2 cm³/mol. The lowest BCUT2D eigenvalue weighted by molar-refractivity contribution is -0.117. The summed E-state index contributed by atoms with van der Waals surface area (Å²) in [4.78, 5) is 30.0. The molecule has 0 radical (unpaired) electrons. The number of anilines is 1. The molecule has 1 aliphatic rings. The van der Waals surface area contributed by atoms with Crippen LogP contribution < -0.4 is 15.0 Å². The Bertz CT molecular complexity index is 825. The number of rotatable bonds is 4. The molecule has 1 aliphatic heterocycles. The minimum absolute atomic E-state index is 0.0478. The molecule has 2 aromatic rings. The van der Waals surface area contributed by atoms with Gasteiger partial charge in [-0.15, -0.1) is 0 Å². The first-order valence-corrected chi connectivity index (χ1v) is 7.72. The van der Waals surface area contributed by atoms with Gasteiger partial charge < -0.3 is 15.0 Å². The third kappa shape index (κ3) is 3.58. The number of carbonyl (C=O) groups is 2. The summed E-state index contributed by atoms with van der Waals surface area (Å²) in [7, 11) is 1.58. The van der Waals surface area contributed by atoms with Crippen LogP contribution in [-0.2, 0) is 4.79 Å². The van der Waals surface area contributed by atoms with E-state index in [4.69, 9.17) is 10.00 Å². The van der Waals surface area contributed by atoms with Crippen molar-refractivity contribution in [2.24, 2.45) is 0 Å². The van der Waals surface area contributed by atoms with Crippen LogP contribution >= 0.6 is 0 Å². The third-order valence-corrected chi connectivity index (χ3v) is 3.98. The standard InChI is InChI=1S/C18H16N4O3/c1-25-16-6-4-15(5-7-16)22-11-14(8-17(22)23)21-18(24)12-2-3-13(9-19)20-10-12/h2-7,10,14H,8,11H2,1H3,(H,21,24)/t14-/m1/s1. The summed E-state index contributed by atoms with van der Waals surface area (Å²) in [6, 6.07) is 11.8. The van der Waals surface area contributed by atoms with E-state index in [-0.39, 0.29) is 30.0 Å². The van der Waals surface area contributed by atoms with Gasteiger partial charge >= 0.3 is 0 Å². The van der Waals surface area contributed by atoms with Crippen molar-refractivity contribution in [2.75, 3.05) is 18.6 Å². The Morgan fingerprint density at radius 2 is 2.08 bits per heavy atom. The molecule has 1 fully saturated rings. The van der Waals surface area contributed by atoms with E-state index >= 15 is 0 Å². The van der Waals surface area contributed by atoms with Crippen molar-refractivity contribution in [1.29, 1.82) is 5.26 Å². The Labute approximate surface area is 144 Å². The molecule has 1 N–H and O–H groups in total. The monoisotopic (exact) mass is 336 g/mol. The van der Waals surface area contributed by atoms with Gasteiger partial charge in [0.15, 0.2) is 0 Å². The van der Waals surface area contributed by atoms with Crippen LogP contribution in [0.4, 0.5) is 5.69 Å². The van der Waals surface area contributed by atoms with Crippen LogP contribution in [-0.4, -0.2) is 36.5 Å². The van der Waals surface area contributed by atoms with Gasteiger partial charge in [0.1, 0.15) is 17.5 Å². The number of hydrogen-bond acceptors (Lipinski definition) is 5. The Morgan fingerprint density at radius 3 is 2.68 bits per heavy atom. The van der Waals surface area contributed by atoms with E-state index in [1.54, 1.807) is 30.2 Å². The van der Waals surface area contributed by atoms with Gasteiger partial charge in [-0.1, -0.05) is 0 Å². The highest BCUT2D eigenvalue weighted by Gasteiger charge is 2.31. The molecule has 1 atom stereocenters. The zero-order valence-electron chi connectivity index (χ0n) is 13.6. The predicted octanol–water partition coefficient (Wildman–Crippen LogP) is 1.50. The molecule has 0 spiro atoms. The fourth-order valence-corrected chi connectivity index (χ4v) is 2.68. The highest BCUT2D eigenvalue weighted by molar-refractivity contribution is 5.98. The first kappa shape index (κ1) is 16.5. The fourth-order valence-electron chi connectivity index (χ4n) is 2.68. The van der Waals surface area contributed by atoms with E-state index in [0.29, 0.717) is 17.9 Å². The van der Waals surface area contributed by atoms with Gasteiger partial charge in [-0.05, 0) is 36.4 Å². The van der Waals surface area contributed by atoms with E-state index in [2.05, 4.69) is 10.3 Å². The summed E-state index contributed by atoms with van der Waals surface area (Å²) < 4.78 is 5.11. The lowest BCUT2D eigenvalue weighted by Crippen LogP contribution is -2.37. The molecule has 3 rings (SSSR count). The smallest absolute Gasteiger partial charge is 0.253 e. The molecule has 2 amide bonds. The maximum absolute atomic E-state index is 12.3. The minimum atomic E-state index is -0.314. The van der Waals surface area contributed by atoms with Gasteiger partial charge in [0, 0.05) is 24.8 Å². The molecule has 7 heteroatoms. The van der Waals surface area contributed by atoms with E-state index in [1.165, 1.54) is 12.3 Å². The maximum Gasteiger partial charge on any atom is 0.253 e. The van der Waals surface area contributed by atoms with E-state index < -0.39 is 0 Å². The summed E-state index contributed by atoms with van der Waals surface area (Å²) in [5.74, 6) is 0.355. The molecular formula is C18H16N4O3. The number of nitrogens with zero attached hydrogens (tertiary/aromatic N) is 3. The lowest BCUT2D eigenvalue weighted by atomic mass is 10.2. The quantitative estimate of drug-likeness (QED) is 0.913. The van der Waals surface area contributed by atoms with Crippen LogP contribution in [0.3, 0.4) is 0 Å². The van der Waals surface area contributed by atoms with Gasteiger partial charge in [-0.2, -0.15) is 5.26 Å². The molecule has 0 unspecified atom stereocenters. The topological polar surface area (TPSA) is 95.3 Å². The van der Waals surface area contributed by atoms with Gasteiger partial charge in [0.05, 0.1) is 18.7 Å². The van der Waals surface area contributed by atoms with Crippen molar-refractivity contribution < 1.29 is 14.3 Å². The molecule has 0 aliphatic carbocycles. The Hall–Kier alpha value is -3.40. The second-order valence-corrected chi connectivity index (χ2v) is 5.62. The summed E-state index contributed by atoms with van der Waals surface area (Å²) in [6.07, 6.45) is 1.59. The van der Waals surface area contributed by atoms with Crippen molar-refractivity contribution >= 4 is 17.5 Å². The molecule has 1 aromatic heterocycles. The second-order valence-electron chi connectivity index (χ2n) is 5.62. The van der Waals surface area contributed by atoms with Gasteiger partial charge in [0.2, 0.25) is 5.91 Å². The van der Waals surface area contributed by atoms with Crippen molar-refractivity contribution in [2.45, 2.75) is 12.5 Å². The molecule has 0 saturated carbocycles. The maximum atomic E-state index is 12.3. The minimum Gasteiger partial charge on any atom is -0.497 e. The van der Waals surface area contributed by atoms with Crippen molar-refractivity contribution in [1.82, 2.24) is 10.3 Å². The zero-order valence-corrected chi connectivity index (χ0v) is 13.6. The second kappa shape index (κ2) is 7.01. The van der Waals surface area contributed by atoms with Crippen LogP contribution in [0.25, 0.3) is 0 Å². The van der Waals surface area contributed by atoms with Crippen LogP contribution in [0.1, 0.15) is 22.5 Å². The molecule has 7 nitrogen and oxygen atoms in total. The number of benzene rings is 1. The van der Waals surface area contributed by atoms with Crippen molar-refractivity contribution in [3.63, 3.8) is 0 Å². The Morgan fingerprint density at radius 1 is 1.32 bits per heavy atom. The first-order valence-electron chi connectivity index (χ1n) is 7.72. The van der Waals surface area contributed by atoms with E-state index in [9.17, 15) is 9.59 Å². The largest absolute Gasteiger partial charge is 0.497 e. The van der Waals surface area contributed by atoms with Gasteiger partial charge in [-0.25, -0.2) is 4.98 Å². The van der Waals surface area contributed by atoms with Gasteiger partial charge in [0.25, 0.3) is 5.91 Å². The Kier molecular flexibility index (Phi) is 4.61. The van der Waals surface area contributed by atoms with E-state index in [0.717, 1.165) is 5.69 Å². The number of ether oxygens (including phenoxy) is 1. The average Bonchev–Trinajstić information content (AvgIpc) is 3.02. The summed E-state index contributed by atoms with van der Waals surface area (Å²) >= 11 is 0. The zero-order chi connectivity index (χ0) is 17.8. The third-order valence-electron chi connectivity index (χ3n) is 3.98. The number of amides is 2. The summed E-state index contributed by atoms with van der Waals surface area (Å²) in [5, 5.41) is 11.6. The normalized spacial score (nSPS) is 16.4. The van der Waals surface area contributed by atoms with Crippen LogP contribution in [0, 0.1) is 11.3 Å². The molecule has 126 valence electrons. The number of aromatic nitrogens is 1. The molecule has 0 bridgehead atoms. The Balaban J connectivity index is 1.65. The molecule has 1 saturated heterocycles. The number of nitriles is 1. The van der Waals surface area contributed by atoms with Crippen LogP contribution in [0.15, 0.2) is 42.6 Å². The SMILES string of the molecule is COc1ccc(N2C[C@H](NC(=O)c3ccc(C#N)nc3)CC2=O)cc1. The highest BCUT2D eigenvalue weighted by atomic mass is 16.5. The number of nitrogens with one attached hydrogen (secondary N) is 1. The van der Waals surface area contributed by atoms with Crippen LogP contribution in [0.2, 0.25) is 0 Å². The molecule has 25 heavy (non-hydrogen) atoms. The number of pyridine rings is 1. The van der Waals surface area contributed by atoms with Gasteiger partial charge in [-0.3, -0.25) is 9.59 Å². The average molecular weight is 336 g/mol. The molecular weight excluding hydrogens is 320 g/mol. The fraction of sp³-hybridized carbons (Fsp3) is 0.222. The van der Waals surface area contributed by atoms with Crippen molar-refractivity contribution in [3.8, 4) is 11.8 Å².